The minimum atomic E-state index is -0.451. The number of anilines is 1. The number of carbonyl (C=O) groups is 2. The van der Waals surface area contributed by atoms with Gasteiger partial charge in [-0.15, -0.1) is 16.7 Å². The molecule has 0 aliphatic carbocycles. The fraction of sp³-hybridized carbons (Fsp3) is 0.364. The van der Waals surface area contributed by atoms with Gasteiger partial charge in [0.05, 0.1) is 5.25 Å². The van der Waals surface area contributed by atoms with Gasteiger partial charge in [-0.05, 0) is 65.9 Å². The number of aryl methyl sites for hydroxylation is 1. The van der Waals surface area contributed by atoms with Crippen LogP contribution in [0, 0.1) is 11.8 Å². The Balaban J connectivity index is 1.72. The van der Waals surface area contributed by atoms with Crippen molar-refractivity contribution in [2.45, 2.75) is 44.2 Å². The van der Waals surface area contributed by atoms with E-state index in [4.69, 9.17) is 10.5 Å². The number of thioether (sulfide) groups is 1. The van der Waals surface area contributed by atoms with Gasteiger partial charge < -0.3 is 10.5 Å². The lowest BCUT2D eigenvalue weighted by molar-refractivity contribution is -0.141. The van der Waals surface area contributed by atoms with Crippen molar-refractivity contribution in [1.82, 2.24) is 10.4 Å². The smallest absolute Gasteiger partial charge is 0.276 e. The number of nitrogen functional groups attached to an aromatic ring is 1. The van der Waals surface area contributed by atoms with Gasteiger partial charge in [-0.3, -0.25) is 15.0 Å². The van der Waals surface area contributed by atoms with Crippen LogP contribution in [0.3, 0.4) is 0 Å². The lowest BCUT2D eigenvalue weighted by Gasteiger charge is -2.25. The molecule has 0 spiro atoms. The van der Waals surface area contributed by atoms with Gasteiger partial charge in [0.1, 0.15) is 16.8 Å². The highest BCUT2D eigenvalue weighted by Crippen LogP contribution is 2.41. The van der Waals surface area contributed by atoms with Gasteiger partial charge >= 0.3 is 0 Å². The van der Waals surface area contributed by atoms with Crippen molar-refractivity contribution in [3.63, 3.8) is 0 Å². The monoisotopic (exact) mass is 442 g/mol. The van der Waals surface area contributed by atoms with Gasteiger partial charge in [-0.25, -0.2) is 5.01 Å². The number of hydrazine groups is 1. The predicted octanol–water partition coefficient (Wildman–Crippen LogP) is 4.17. The number of ether oxygens (including phenoxy) is 1. The van der Waals surface area contributed by atoms with Crippen LogP contribution in [-0.4, -0.2) is 28.7 Å². The van der Waals surface area contributed by atoms with Gasteiger partial charge in [0.15, 0.2) is 6.61 Å². The van der Waals surface area contributed by atoms with E-state index >= 15 is 0 Å². The number of amides is 2. The number of benzene rings is 2. The molecule has 1 fully saturated rings. The third-order valence-corrected chi connectivity index (χ3v) is 6.38. The summed E-state index contributed by atoms with van der Waals surface area (Å²) in [7, 11) is 0. The molecule has 2 amide bonds. The summed E-state index contributed by atoms with van der Waals surface area (Å²) >= 11 is 1.45. The van der Waals surface area contributed by atoms with E-state index in [1.54, 1.807) is 38.1 Å². The predicted molar refractivity (Wildman–Crippen MR) is 122 cm³/mol. The first-order valence-corrected chi connectivity index (χ1v) is 10.9. The lowest BCUT2D eigenvalue weighted by atomic mass is 9.99. The molecule has 2 unspecified atom stereocenters. The highest BCUT2D eigenvalue weighted by atomic mass is 32.2. The molecule has 2 atom stereocenters. The van der Waals surface area contributed by atoms with E-state index < -0.39 is 5.91 Å². The van der Waals surface area contributed by atoms with Crippen molar-refractivity contribution in [2.75, 3.05) is 12.3 Å². The molecule has 3 N–H and O–H groups in total. The minimum Gasteiger partial charge on any atom is -0.483 e. The van der Waals surface area contributed by atoms with Gasteiger partial charge in [0.2, 0.25) is 0 Å². The van der Waals surface area contributed by atoms with Crippen molar-refractivity contribution in [2.24, 2.45) is 5.18 Å². The van der Waals surface area contributed by atoms with Crippen LogP contribution in [-0.2, 0) is 9.59 Å². The summed E-state index contributed by atoms with van der Waals surface area (Å²) in [5.74, 6) is -0.0409. The second-order valence-corrected chi connectivity index (χ2v) is 9.18. The summed E-state index contributed by atoms with van der Waals surface area (Å²) in [6.07, 6.45) is 0. The molecule has 2 aromatic carbocycles. The molecular weight excluding hydrogens is 416 g/mol. The SMILES string of the molecule is Cc1cc(OCC(=O)NN2C(=O)C(C)SC2c2ccc(N)cc2)c(C(C)C)cc1N=O. The molecule has 2 aromatic rings. The standard InChI is InChI=1S/C22H26N4O4S/c1-12(2)17-10-18(25-29)13(3)9-19(17)30-11-20(27)24-26-21(28)14(4)31-22(26)15-5-7-16(23)8-6-15/h5-10,12,14,22H,11,23H2,1-4H3,(H,24,27). The maximum atomic E-state index is 12.6. The van der Waals surface area contributed by atoms with Gasteiger partial charge in [-0.2, -0.15) is 0 Å². The molecule has 0 saturated carbocycles. The summed E-state index contributed by atoms with van der Waals surface area (Å²) in [6, 6.07) is 10.6. The molecule has 3 rings (SSSR count). The van der Waals surface area contributed by atoms with E-state index in [9.17, 15) is 14.5 Å². The second-order valence-electron chi connectivity index (χ2n) is 7.75. The van der Waals surface area contributed by atoms with Crippen molar-refractivity contribution in [1.29, 1.82) is 0 Å². The summed E-state index contributed by atoms with van der Waals surface area (Å²) < 4.78 is 5.75. The third kappa shape index (κ3) is 4.99. The molecule has 0 radical (unpaired) electrons. The summed E-state index contributed by atoms with van der Waals surface area (Å²) in [5, 5.41) is 3.75. The Morgan fingerprint density at radius 2 is 1.97 bits per heavy atom. The Morgan fingerprint density at radius 1 is 1.29 bits per heavy atom. The maximum absolute atomic E-state index is 12.6. The molecule has 0 aromatic heterocycles. The average Bonchev–Trinajstić information content (AvgIpc) is 3.01. The van der Waals surface area contributed by atoms with Gasteiger partial charge in [0.25, 0.3) is 11.8 Å². The molecule has 1 aliphatic heterocycles. The average molecular weight is 443 g/mol. The summed E-state index contributed by atoms with van der Waals surface area (Å²) in [4.78, 5) is 36.2. The van der Waals surface area contributed by atoms with E-state index in [0.29, 0.717) is 22.7 Å². The van der Waals surface area contributed by atoms with E-state index in [0.717, 1.165) is 11.1 Å². The van der Waals surface area contributed by atoms with Crippen LogP contribution in [0.15, 0.2) is 41.6 Å². The molecular formula is C22H26N4O4S. The van der Waals surface area contributed by atoms with Crippen molar-refractivity contribution >= 4 is 35.0 Å². The number of hydrogen-bond donors (Lipinski definition) is 2. The first-order valence-electron chi connectivity index (χ1n) is 9.95. The largest absolute Gasteiger partial charge is 0.483 e. The molecule has 164 valence electrons. The van der Waals surface area contributed by atoms with Crippen molar-refractivity contribution in [3.05, 3.63) is 58.0 Å². The van der Waals surface area contributed by atoms with Gasteiger partial charge in [-0.1, -0.05) is 26.0 Å². The molecule has 1 aliphatic rings. The Hall–Kier alpha value is -3.07. The fourth-order valence-corrected chi connectivity index (χ4v) is 4.51. The van der Waals surface area contributed by atoms with Crippen LogP contribution in [0.4, 0.5) is 11.4 Å². The van der Waals surface area contributed by atoms with Crippen molar-refractivity contribution in [3.8, 4) is 5.75 Å². The Morgan fingerprint density at radius 3 is 2.58 bits per heavy atom. The molecule has 1 saturated heterocycles. The number of nitrogens with zero attached hydrogens (tertiary/aromatic N) is 2. The highest BCUT2D eigenvalue weighted by Gasteiger charge is 2.39. The first-order chi connectivity index (χ1) is 14.7. The second kappa shape index (κ2) is 9.38. The Kier molecular flexibility index (Phi) is 6.84. The fourth-order valence-electron chi connectivity index (χ4n) is 3.30. The molecule has 9 heteroatoms. The quantitative estimate of drug-likeness (QED) is 0.491. The molecule has 8 nitrogen and oxygen atoms in total. The van der Waals surface area contributed by atoms with Crippen LogP contribution in [0.1, 0.15) is 48.8 Å². The number of rotatable bonds is 7. The van der Waals surface area contributed by atoms with Crippen LogP contribution in [0.2, 0.25) is 0 Å². The summed E-state index contributed by atoms with van der Waals surface area (Å²) in [5.41, 5.74) is 11.7. The minimum absolute atomic E-state index is 0.0754. The topological polar surface area (TPSA) is 114 Å². The zero-order chi connectivity index (χ0) is 22.7. The molecule has 1 heterocycles. The lowest BCUT2D eigenvalue weighted by Crippen LogP contribution is -2.47. The van der Waals surface area contributed by atoms with E-state index in [-0.39, 0.29) is 29.1 Å². The van der Waals surface area contributed by atoms with E-state index in [1.807, 2.05) is 26.0 Å². The van der Waals surface area contributed by atoms with Crippen molar-refractivity contribution < 1.29 is 14.3 Å². The molecule has 31 heavy (non-hydrogen) atoms. The Bertz CT molecular complexity index is 994. The van der Waals surface area contributed by atoms with Gasteiger partial charge in [0, 0.05) is 5.69 Å². The highest BCUT2D eigenvalue weighted by molar-refractivity contribution is 8.01. The number of nitrogens with one attached hydrogen (secondary N) is 1. The number of hydrogen-bond acceptors (Lipinski definition) is 7. The zero-order valence-electron chi connectivity index (χ0n) is 17.9. The Labute approximate surface area is 185 Å². The zero-order valence-corrected chi connectivity index (χ0v) is 18.7. The van der Waals surface area contributed by atoms with Crippen LogP contribution < -0.4 is 15.9 Å². The van der Waals surface area contributed by atoms with E-state index in [1.165, 1.54) is 16.8 Å². The van der Waals surface area contributed by atoms with E-state index in [2.05, 4.69) is 10.6 Å². The summed E-state index contributed by atoms with van der Waals surface area (Å²) in [6.45, 7) is 7.22. The van der Waals surface area contributed by atoms with Crippen LogP contribution in [0.25, 0.3) is 0 Å². The van der Waals surface area contributed by atoms with Crippen LogP contribution in [0.5, 0.6) is 5.75 Å². The normalized spacial score (nSPS) is 18.4. The number of nitroso groups, excluding NO2 is 1. The van der Waals surface area contributed by atoms with Crippen LogP contribution >= 0.6 is 11.8 Å². The third-order valence-electron chi connectivity index (χ3n) is 5.03. The number of carbonyl (C=O) groups excluding carboxylic acids is 2. The maximum Gasteiger partial charge on any atom is 0.276 e. The number of nitrogens with two attached hydrogens (primary N) is 1. The molecule has 0 bridgehead atoms. The first kappa shape index (κ1) is 22.6.